The van der Waals surface area contributed by atoms with Crippen LogP contribution in [-0.4, -0.2) is 42.4 Å². The molecule has 5 nitrogen and oxygen atoms in total. The Labute approximate surface area is 138 Å². The molecule has 2 amide bonds. The van der Waals surface area contributed by atoms with Crippen LogP contribution >= 0.6 is 0 Å². The SMILES string of the molecule is CCC1CCC(C)N(C(=O)CN(C(=O)CN)c2ccccc2)C1. The third kappa shape index (κ3) is 4.32. The number of nitrogens with two attached hydrogens (primary N) is 1. The summed E-state index contributed by atoms with van der Waals surface area (Å²) in [5, 5.41) is 0. The molecule has 1 aromatic rings. The molecule has 0 radical (unpaired) electrons. The average molecular weight is 317 g/mol. The quantitative estimate of drug-likeness (QED) is 0.903. The lowest BCUT2D eigenvalue weighted by molar-refractivity contribution is -0.135. The molecule has 0 aromatic heterocycles. The number of hydrogen-bond acceptors (Lipinski definition) is 3. The Kier molecular flexibility index (Phi) is 6.16. The number of benzene rings is 1. The van der Waals surface area contributed by atoms with Crippen LogP contribution in [0.4, 0.5) is 5.69 Å². The van der Waals surface area contributed by atoms with E-state index in [2.05, 4.69) is 13.8 Å². The van der Waals surface area contributed by atoms with Gasteiger partial charge in [0.05, 0.1) is 6.54 Å². The van der Waals surface area contributed by atoms with Crippen molar-refractivity contribution in [3.8, 4) is 0 Å². The van der Waals surface area contributed by atoms with Crippen molar-refractivity contribution in [1.29, 1.82) is 0 Å². The smallest absolute Gasteiger partial charge is 0.242 e. The number of likely N-dealkylation sites (tertiary alicyclic amines) is 1. The Morgan fingerprint density at radius 1 is 1.26 bits per heavy atom. The molecule has 0 saturated carbocycles. The molecular weight excluding hydrogens is 290 g/mol. The normalized spacial score (nSPS) is 21.1. The molecule has 0 aliphatic carbocycles. The lowest BCUT2D eigenvalue weighted by Gasteiger charge is -2.39. The van der Waals surface area contributed by atoms with E-state index in [0.717, 1.165) is 19.4 Å². The number of anilines is 1. The van der Waals surface area contributed by atoms with Crippen LogP contribution in [-0.2, 0) is 9.59 Å². The van der Waals surface area contributed by atoms with Crippen molar-refractivity contribution in [1.82, 2.24) is 4.90 Å². The number of rotatable bonds is 5. The highest BCUT2D eigenvalue weighted by Gasteiger charge is 2.30. The van der Waals surface area contributed by atoms with E-state index >= 15 is 0 Å². The van der Waals surface area contributed by atoms with Crippen molar-refractivity contribution < 1.29 is 9.59 Å². The maximum atomic E-state index is 12.8. The Hall–Kier alpha value is -1.88. The Bertz CT molecular complexity index is 532. The van der Waals surface area contributed by atoms with Gasteiger partial charge < -0.3 is 15.5 Å². The minimum atomic E-state index is -0.235. The van der Waals surface area contributed by atoms with Gasteiger partial charge in [-0.2, -0.15) is 0 Å². The Balaban J connectivity index is 2.12. The van der Waals surface area contributed by atoms with Gasteiger partial charge in [-0.15, -0.1) is 0 Å². The summed E-state index contributed by atoms with van der Waals surface area (Å²) < 4.78 is 0. The molecule has 0 bridgehead atoms. The number of piperidine rings is 1. The van der Waals surface area contributed by atoms with E-state index in [1.165, 1.54) is 11.3 Å². The number of carbonyl (C=O) groups excluding carboxylic acids is 2. The molecule has 1 saturated heterocycles. The molecule has 0 spiro atoms. The van der Waals surface area contributed by atoms with Gasteiger partial charge in [0.15, 0.2) is 0 Å². The number of amides is 2. The van der Waals surface area contributed by atoms with Gasteiger partial charge in [0, 0.05) is 18.3 Å². The minimum absolute atomic E-state index is 0.00121. The first-order valence-electron chi connectivity index (χ1n) is 8.41. The number of carbonyl (C=O) groups is 2. The highest BCUT2D eigenvalue weighted by Crippen LogP contribution is 2.24. The molecule has 23 heavy (non-hydrogen) atoms. The number of hydrogen-bond donors (Lipinski definition) is 1. The number of para-hydroxylation sites is 1. The molecular formula is C18H27N3O2. The van der Waals surface area contributed by atoms with Gasteiger partial charge in [-0.3, -0.25) is 9.59 Å². The van der Waals surface area contributed by atoms with Crippen molar-refractivity contribution in [3.05, 3.63) is 30.3 Å². The molecule has 5 heteroatoms. The van der Waals surface area contributed by atoms with Crippen molar-refractivity contribution in [2.45, 2.75) is 39.2 Å². The van der Waals surface area contributed by atoms with Crippen LogP contribution in [0.15, 0.2) is 30.3 Å². The van der Waals surface area contributed by atoms with E-state index in [1.54, 1.807) is 0 Å². The molecule has 1 fully saturated rings. The Morgan fingerprint density at radius 3 is 2.57 bits per heavy atom. The molecule has 126 valence electrons. The largest absolute Gasteiger partial charge is 0.338 e. The highest BCUT2D eigenvalue weighted by atomic mass is 16.2. The summed E-state index contributed by atoms with van der Waals surface area (Å²) in [5.74, 6) is 0.327. The molecule has 2 rings (SSSR count). The third-order valence-electron chi connectivity index (χ3n) is 4.71. The first kappa shape index (κ1) is 17.5. The number of nitrogens with zero attached hydrogens (tertiary/aromatic N) is 2. The fourth-order valence-electron chi connectivity index (χ4n) is 3.13. The minimum Gasteiger partial charge on any atom is -0.338 e. The molecule has 1 aliphatic rings. The summed E-state index contributed by atoms with van der Waals surface area (Å²) in [7, 11) is 0. The van der Waals surface area contributed by atoms with E-state index in [4.69, 9.17) is 5.73 Å². The summed E-state index contributed by atoms with van der Waals surface area (Å²) in [4.78, 5) is 28.3. The third-order valence-corrected chi connectivity index (χ3v) is 4.71. The van der Waals surface area contributed by atoms with Crippen LogP contribution in [0.3, 0.4) is 0 Å². The van der Waals surface area contributed by atoms with Crippen LogP contribution in [0.5, 0.6) is 0 Å². The van der Waals surface area contributed by atoms with Crippen molar-refractivity contribution in [2.75, 3.05) is 24.5 Å². The van der Waals surface area contributed by atoms with Gasteiger partial charge in [0.1, 0.15) is 6.54 Å². The molecule has 1 heterocycles. The van der Waals surface area contributed by atoms with Gasteiger partial charge in [0.2, 0.25) is 11.8 Å². The highest BCUT2D eigenvalue weighted by molar-refractivity contribution is 5.99. The molecule has 1 aliphatic heterocycles. The van der Waals surface area contributed by atoms with E-state index in [1.807, 2.05) is 35.2 Å². The van der Waals surface area contributed by atoms with E-state index < -0.39 is 0 Å². The lowest BCUT2D eigenvalue weighted by atomic mass is 9.91. The van der Waals surface area contributed by atoms with Crippen LogP contribution in [0, 0.1) is 5.92 Å². The van der Waals surface area contributed by atoms with E-state index in [9.17, 15) is 9.59 Å². The summed E-state index contributed by atoms with van der Waals surface area (Å²) >= 11 is 0. The van der Waals surface area contributed by atoms with Gasteiger partial charge in [-0.25, -0.2) is 0 Å². The second-order valence-electron chi connectivity index (χ2n) is 6.27. The molecule has 2 atom stereocenters. The van der Waals surface area contributed by atoms with E-state index in [0.29, 0.717) is 11.6 Å². The first-order chi connectivity index (χ1) is 11.1. The monoisotopic (exact) mass is 317 g/mol. The molecule has 2 N–H and O–H groups in total. The van der Waals surface area contributed by atoms with Crippen LogP contribution in [0.1, 0.15) is 33.1 Å². The van der Waals surface area contributed by atoms with Crippen molar-refractivity contribution in [2.24, 2.45) is 11.7 Å². The second-order valence-corrected chi connectivity index (χ2v) is 6.27. The van der Waals surface area contributed by atoms with Gasteiger partial charge in [-0.1, -0.05) is 31.5 Å². The van der Waals surface area contributed by atoms with Crippen molar-refractivity contribution >= 4 is 17.5 Å². The van der Waals surface area contributed by atoms with E-state index in [-0.39, 0.29) is 30.9 Å². The summed E-state index contributed by atoms with van der Waals surface area (Å²) in [5.41, 5.74) is 6.23. The predicted molar refractivity (Wildman–Crippen MR) is 92.0 cm³/mol. The first-order valence-corrected chi connectivity index (χ1v) is 8.41. The van der Waals surface area contributed by atoms with Gasteiger partial charge in [-0.05, 0) is 37.8 Å². The topological polar surface area (TPSA) is 66.6 Å². The maximum absolute atomic E-state index is 12.8. The van der Waals surface area contributed by atoms with Crippen LogP contribution in [0.2, 0.25) is 0 Å². The van der Waals surface area contributed by atoms with Gasteiger partial charge in [0.25, 0.3) is 0 Å². The second kappa shape index (κ2) is 8.11. The summed E-state index contributed by atoms with van der Waals surface area (Å²) in [6, 6.07) is 9.48. The van der Waals surface area contributed by atoms with Crippen LogP contribution in [0.25, 0.3) is 0 Å². The molecule has 2 unspecified atom stereocenters. The summed E-state index contributed by atoms with van der Waals surface area (Å²) in [6.45, 7) is 4.99. The standard InChI is InChI=1S/C18H27N3O2/c1-3-15-10-9-14(2)20(12-15)18(23)13-21(17(22)11-19)16-7-5-4-6-8-16/h4-8,14-15H,3,9-13,19H2,1-2H3. The zero-order valence-corrected chi connectivity index (χ0v) is 14.1. The maximum Gasteiger partial charge on any atom is 0.242 e. The fourth-order valence-corrected chi connectivity index (χ4v) is 3.13. The Morgan fingerprint density at radius 2 is 1.96 bits per heavy atom. The van der Waals surface area contributed by atoms with Crippen molar-refractivity contribution in [3.63, 3.8) is 0 Å². The average Bonchev–Trinajstić information content (AvgIpc) is 2.60. The molecule has 1 aromatic carbocycles. The predicted octanol–water partition coefficient (Wildman–Crippen LogP) is 2.02. The van der Waals surface area contributed by atoms with Crippen LogP contribution < -0.4 is 10.6 Å². The fraction of sp³-hybridized carbons (Fsp3) is 0.556. The van der Waals surface area contributed by atoms with Gasteiger partial charge >= 0.3 is 0 Å². The lowest BCUT2D eigenvalue weighted by Crippen LogP contribution is -2.51. The zero-order chi connectivity index (χ0) is 16.8. The summed E-state index contributed by atoms with van der Waals surface area (Å²) in [6.07, 6.45) is 3.28. The zero-order valence-electron chi connectivity index (χ0n) is 14.1.